The molecule has 0 N–H and O–H groups in total. The van der Waals surface area contributed by atoms with Crippen LogP contribution < -0.4 is 0 Å². The summed E-state index contributed by atoms with van der Waals surface area (Å²) in [6.07, 6.45) is 3.36. The normalized spacial score (nSPS) is 16.1. The molecule has 5 heteroatoms. The number of carbonyl (C=O) groups excluding carboxylic acids is 2. The molecule has 0 spiro atoms. The van der Waals surface area contributed by atoms with Crippen LogP contribution in [0.5, 0.6) is 0 Å². The number of imide groups is 1. The zero-order valence-electron chi connectivity index (χ0n) is 14.6. The van der Waals surface area contributed by atoms with Crippen molar-refractivity contribution in [3.8, 4) is 5.69 Å². The van der Waals surface area contributed by atoms with E-state index in [1.54, 1.807) is 12.2 Å². The molecule has 0 aliphatic carbocycles. The molecule has 3 rings (SSSR count). The average Bonchev–Trinajstić information content (AvgIpc) is 3.00. The number of rotatable bonds is 4. The zero-order chi connectivity index (χ0) is 18.1. The molecule has 1 aromatic carbocycles. The molecular formula is C20H20N2O2S. The summed E-state index contributed by atoms with van der Waals surface area (Å²) in [5.74, 6) is -0.255. The van der Waals surface area contributed by atoms with Crippen molar-refractivity contribution in [1.29, 1.82) is 0 Å². The molecule has 1 aliphatic heterocycles. The predicted octanol–water partition coefficient (Wildman–Crippen LogP) is 4.62. The standard InChI is InChI=1S/C20H20N2O2S/c1-5-10-21-19(23)18(25-20(21)24)12-16-11-14(3)22(15(16)4)17-8-6-13(2)7-9-17/h5-9,11-12H,1,10H2,2-4H3/b18-12-. The Hall–Kier alpha value is -2.53. The number of carbonyl (C=O) groups is 2. The molecule has 25 heavy (non-hydrogen) atoms. The second kappa shape index (κ2) is 6.76. The fourth-order valence-electron chi connectivity index (χ4n) is 2.95. The molecule has 2 aromatic rings. The third kappa shape index (κ3) is 3.20. The van der Waals surface area contributed by atoms with E-state index < -0.39 is 0 Å². The number of hydrogen-bond donors (Lipinski definition) is 0. The fraction of sp³-hybridized carbons (Fsp3) is 0.200. The summed E-state index contributed by atoms with van der Waals surface area (Å²) in [4.78, 5) is 26.0. The Morgan fingerprint density at radius 2 is 1.80 bits per heavy atom. The molecular weight excluding hydrogens is 332 g/mol. The van der Waals surface area contributed by atoms with Gasteiger partial charge in [-0.3, -0.25) is 14.5 Å². The van der Waals surface area contributed by atoms with E-state index in [1.165, 1.54) is 10.5 Å². The van der Waals surface area contributed by atoms with Crippen molar-refractivity contribution >= 4 is 29.0 Å². The fourth-order valence-corrected chi connectivity index (χ4v) is 3.79. The van der Waals surface area contributed by atoms with E-state index in [0.717, 1.165) is 34.4 Å². The van der Waals surface area contributed by atoms with E-state index in [2.05, 4.69) is 42.3 Å². The lowest BCUT2D eigenvalue weighted by atomic mass is 10.2. The summed E-state index contributed by atoms with van der Waals surface area (Å²) in [6, 6.07) is 10.4. The minimum Gasteiger partial charge on any atom is -0.318 e. The molecule has 1 aliphatic rings. The Kier molecular flexibility index (Phi) is 4.68. The first-order chi connectivity index (χ1) is 11.9. The van der Waals surface area contributed by atoms with Crippen molar-refractivity contribution in [3.63, 3.8) is 0 Å². The largest absolute Gasteiger partial charge is 0.318 e. The Bertz CT molecular complexity index is 891. The molecule has 0 bridgehead atoms. The SMILES string of the molecule is C=CCN1C(=O)S/C(=C\c2cc(C)n(-c3ccc(C)cc3)c2C)C1=O. The van der Waals surface area contributed by atoms with Crippen LogP contribution in [0.1, 0.15) is 22.5 Å². The summed E-state index contributed by atoms with van der Waals surface area (Å²) >= 11 is 0.980. The zero-order valence-corrected chi connectivity index (χ0v) is 15.4. The maximum Gasteiger partial charge on any atom is 0.293 e. The van der Waals surface area contributed by atoms with Gasteiger partial charge in [0.25, 0.3) is 11.1 Å². The number of aromatic nitrogens is 1. The number of hydrogen-bond acceptors (Lipinski definition) is 3. The molecule has 2 amide bonds. The smallest absolute Gasteiger partial charge is 0.293 e. The molecule has 128 valence electrons. The summed E-state index contributed by atoms with van der Waals surface area (Å²) in [6.45, 7) is 9.95. The van der Waals surface area contributed by atoms with Crippen molar-refractivity contribution in [2.45, 2.75) is 20.8 Å². The third-order valence-corrected chi connectivity index (χ3v) is 5.14. The van der Waals surface area contributed by atoms with Gasteiger partial charge in [-0.05, 0) is 62.4 Å². The lowest BCUT2D eigenvalue weighted by Gasteiger charge is -2.10. The van der Waals surface area contributed by atoms with Crippen molar-refractivity contribution in [2.75, 3.05) is 6.54 Å². The quantitative estimate of drug-likeness (QED) is 0.595. The van der Waals surface area contributed by atoms with Crippen LogP contribution in [0.15, 0.2) is 47.9 Å². The Morgan fingerprint density at radius 3 is 2.44 bits per heavy atom. The predicted molar refractivity (Wildman–Crippen MR) is 103 cm³/mol. The molecule has 0 saturated carbocycles. The monoisotopic (exact) mass is 352 g/mol. The van der Waals surface area contributed by atoms with Crippen LogP contribution in [0, 0.1) is 20.8 Å². The Balaban J connectivity index is 1.99. The van der Waals surface area contributed by atoms with Crippen molar-refractivity contribution in [1.82, 2.24) is 9.47 Å². The van der Waals surface area contributed by atoms with Gasteiger partial charge >= 0.3 is 0 Å². The van der Waals surface area contributed by atoms with Crippen molar-refractivity contribution in [2.24, 2.45) is 0 Å². The van der Waals surface area contributed by atoms with E-state index in [-0.39, 0.29) is 17.7 Å². The first-order valence-electron chi connectivity index (χ1n) is 8.04. The minimum atomic E-state index is -0.255. The second-order valence-electron chi connectivity index (χ2n) is 6.08. The van der Waals surface area contributed by atoms with E-state index in [9.17, 15) is 9.59 Å². The molecule has 0 radical (unpaired) electrons. The molecule has 1 fully saturated rings. The Morgan fingerprint density at radius 1 is 1.12 bits per heavy atom. The first-order valence-corrected chi connectivity index (χ1v) is 8.86. The van der Waals surface area contributed by atoms with Crippen LogP contribution in [-0.2, 0) is 4.79 Å². The van der Waals surface area contributed by atoms with Gasteiger partial charge in [0.05, 0.1) is 4.91 Å². The average molecular weight is 352 g/mol. The van der Waals surface area contributed by atoms with Crippen LogP contribution >= 0.6 is 11.8 Å². The number of aryl methyl sites for hydroxylation is 2. The molecule has 1 saturated heterocycles. The van der Waals surface area contributed by atoms with E-state index in [0.29, 0.717) is 4.91 Å². The van der Waals surface area contributed by atoms with Crippen LogP contribution in [-0.4, -0.2) is 27.2 Å². The lowest BCUT2D eigenvalue weighted by Crippen LogP contribution is -2.27. The van der Waals surface area contributed by atoms with Gasteiger partial charge in [0.2, 0.25) is 0 Å². The van der Waals surface area contributed by atoms with Crippen LogP contribution in [0.25, 0.3) is 11.8 Å². The highest BCUT2D eigenvalue weighted by Gasteiger charge is 2.34. The van der Waals surface area contributed by atoms with Crippen LogP contribution in [0.3, 0.4) is 0 Å². The summed E-state index contributed by atoms with van der Waals surface area (Å²) in [7, 11) is 0. The van der Waals surface area contributed by atoms with E-state index in [1.807, 2.05) is 19.9 Å². The molecule has 4 nitrogen and oxygen atoms in total. The van der Waals surface area contributed by atoms with Crippen molar-refractivity contribution in [3.05, 3.63) is 70.4 Å². The molecule has 2 heterocycles. The van der Waals surface area contributed by atoms with Gasteiger partial charge in [0, 0.05) is 23.6 Å². The van der Waals surface area contributed by atoms with Gasteiger partial charge in [-0.1, -0.05) is 23.8 Å². The molecule has 0 unspecified atom stereocenters. The van der Waals surface area contributed by atoms with Gasteiger partial charge in [-0.15, -0.1) is 6.58 Å². The van der Waals surface area contributed by atoms with Crippen molar-refractivity contribution < 1.29 is 9.59 Å². The van der Waals surface area contributed by atoms with E-state index >= 15 is 0 Å². The van der Waals surface area contributed by atoms with Crippen LogP contribution in [0.2, 0.25) is 0 Å². The van der Waals surface area contributed by atoms with Gasteiger partial charge < -0.3 is 4.57 Å². The highest BCUT2D eigenvalue weighted by Crippen LogP contribution is 2.33. The topological polar surface area (TPSA) is 42.3 Å². The number of nitrogens with zero attached hydrogens (tertiary/aromatic N) is 2. The summed E-state index contributed by atoms with van der Waals surface area (Å²) < 4.78 is 2.15. The number of thioether (sulfide) groups is 1. The first kappa shape index (κ1) is 17.3. The van der Waals surface area contributed by atoms with Gasteiger partial charge in [0.1, 0.15) is 0 Å². The summed E-state index contributed by atoms with van der Waals surface area (Å²) in [5, 5.41) is -0.247. The highest BCUT2D eigenvalue weighted by atomic mass is 32.2. The molecule has 0 atom stereocenters. The molecule has 1 aromatic heterocycles. The highest BCUT2D eigenvalue weighted by molar-refractivity contribution is 8.18. The number of amides is 2. The van der Waals surface area contributed by atoms with Gasteiger partial charge in [0.15, 0.2) is 0 Å². The van der Waals surface area contributed by atoms with Gasteiger partial charge in [-0.2, -0.15) is 0 Å². The van der Waals surface area contributed by atoms with Gasteiger partial charge in [-0.25, -0.2) is 0 Å². The second-order valence-corrected chi connectivity index (χ2v) is 7.07. The third-order valence-electron chi connectivity index (χ3n) is 4.23. The Labute approximate surface area is 151 Å². The van der Waals surface area contributed by atoms with E-state index in [4.69, 9.17) is 0 Å². The number of benzene rings is 1. The lowest BCUT2D eigenvalue weighted by molar-refractivity contribution is -0.122. The summed E-state index contributed by atoms with van der Waals surface area (Å²) in [5.41, 5.74) is 5.36. The maximum absolute atomic E-state index is 12.4. The minimum absolute atomic E-state index is 0.240. The van der Waals surface area contributed by atoms with Crippen LogP contribution in [0.4, 0.5) is 4.79 Å². The maximum atomic E-state index is 12.4.